The van der Waals surface area contributed by atoms with Gasteiger partial charge in [0.2, 0.25) is 0 Å². The molecule has 0 saturated heterocycles. The van der Waals surface area contributed by atoms with Crippen LogP contribution >= 0.6 is 11.6 Å². The number of allylic oxidation sites excluding steroid dienone is 1. The van der Waals surface area contributed by atoms with E-state index in [9.17, 15) is 0 Å². The van der Waals surface area contributed by atoms with Crippen molar-refractivity contribution < 1.29 is 0 Å². The van der Waals surface area contributed by atoms with Gasteiger partial charge in [-0.3, -0.25) is 0 Å². The monoisotopic (exact) mass is 236 g/mol. The Morgan fingerprint density at radius 3 is 2.69 bits per heavy atom. The lowest BCUT2D eigenvalue weighted by molar-refractivity contribution is 0.533. The molecular formula is C15H21Cl. The summed E-state index contributed by atoms with van der Waals surface area (Å²) in [4.78, 5) is 0. The molecule has 1 aromatic carbocycles. The summed E-state index contributed by atoms with van der Waals surface area (Å²) in [5.41, 5.74) is 2.42. The highest BCUT2D eigenvalue weighted by atomic mass is 35.5. The lowest BCUT2D eigenvalue weighted by Crippen LogP contribution is -1.90. The van der Waals surface area contributed by atoms with Crippen LogP contribution in [-0.4, -0.2) is 0 Å². The van der Waals surface area contributed by atoms with Gasteiger partial charge in [0, 0.05) is 5.02 Å². The Kier molecular flexibility index (Phi) is 5.62. The highest BCUT2D eigenvalue weighted by Crippen LogP contribution is 2.17. The third kappa shape index (κ3) is 4.85. The zero-order chi connectivity index (χ0) is 12.0. The first-order valence-corrected chi connectivity index (χ1v) is 6.43. The molecule has 1 aromatic rings. The Labute approximate surface area is 104 Å². The highest BCUT2D eigenvalue weighted by Gasteiger charge is 1.97. The maximum absolute atomic E-state index is 6.01. The molecule has 0 amide bonds. The van der Waals surface area contributed by atoms with Crippen molar-refractivity contribution in [3.8, 4) is 0 Å². The third-order valence-electron chi connectivity index (χ3n) is 2.69. The molecule has 1 atom stereocenters. The van der Waals surface area contributed by atoms with E-state index < -0.39 is 0 Å². The first-order chi connectivity index (χ1) is 7.61. The molecule has 0 aliphatic rings. The fourth-order valence-electron chi connectivity index (χ4n) is 1.91. The van der Waals surface area contributed by atoms with Gasteiger partial charge < -0.3 is 0 Å². The van der Waals surface area contributed by atoms with Crippen LogP contribution in [0.5, 0.6) is 0 Å². The second kappa shape index (κ2) is 6.75. The molecule has 0 radical (unpaired) electrons. The van der Waals surface area contributed by atoms with E-state index in [4.69, 9.17) is 11.6 Å². The van der Waals surface area contributed by atoms with Crippen LogP contribution in [0.25, 0.3) is 6.08 Å². The minimum Gasteiger partial charge on any atom is -0.0843 e. The van der Waals surface area contributed by atoms with Crippen LogP contribution in [0.1, 0.15) is 44.2 Å². The minimum absolute atomic E-state index is 0.779. The number of aryl methyl sites for hydroxylation is 1. The normalized spacial score (nSPS) is 13.2. The molecule has 1 unspecified atom stereocenters. The molecule has 0 aromatic heterocycles. The Hall–Kier alpha value is -0.750. The standard InChI is InChI=1S/C15H21Cl/c1-4-6-12(2)7-5-8-14-9-13(3)10-15(16)11-14/h5,8-12H,4,6-7H2,1-3H3/b8-5+. The zero-order valence-electron chi connectivity index (χ0n) is 10.5. The molecule has 0 nitrogen and oxygen atoms in total. The summed E-state index contributed by atoms with van der Waals surface area (Å²) in [6.45, 7) is 6.61. The Morgan fingerprint density at radius 1 is 1.31 bits per heavy atom. The minimum atomic E-state index is 0.779. The van der Waals surface area contributed by atoms with Crippen LogP contribution in [0.2, 0.25) is 5.02 Å². The van der Waals surface area contributed by atoms with Crippen molar-refractivity contribution in [3.05, 3.63) is 40.4 Å². The maximum Gasteiger partial charge on any atom is 0.0414 e. The van der Waals surface area contributed by atoms with Crippen LogP contribution in [0.3, 0.4) is 0 Å². The first kappa shape index (κ1) is 13.3. The highest BCUT2D eigenvalue weighted by molar-refractivity contribution is 6.30. The number of rotatable bonds is 5. The van der Waals surface area contributed by atoms with E-state index in [0.717, 1.165) is 17.4 Å². The van der Waals surface area contributed by atoms with E-state index in [1.54, 1.807) is 0 Å². The number of hydrogen-bond donors (Lipinski definition) is 0. The van der Waals surface area contributed by atoms with Gasteiger partial charge in [0.05, 0.1) is 0 Å². The summed E-state index contributed by atoms with van der Waals surface area (Å²) in [5, 5.41) is 0.821. The molecule has 0 heterocycles. The van der Waals surface area contributed by atoms with Gasteiger partial charge in [-0.25, -0.2) is 0 Å². The Balaban J connectivity index is 2.55. The summed E-state index contributed by atoms with van der Waals surface area (Å²) in [6.07, 6.45) is 8.15. The average Bonchev–Trinajstić information content (AvgIpc) is 2.16. The van der Waals surface area contributed by atoms with Gasteiger partial charge in [-0.2, -0.15) is 0 Å². The SMILES string of the molecule is CCCC(C)C/C=C/c1cc(C)cc(Cl)c1. The van der Waals surface area contributed by atoms with Crippen molar-refractivity contribution >= 4 is 17.7 Å². The van der Waals surface area contributed by atoms with Crippen molar-refractivity contribution in [1.29, 1.82) is 0 Å². The van der Waals surface area contributed by atoms with Gasteiger partial charge in [0.25, 0.3) is 0 Å². The predicted octanol–water partition coefficient (Wildman–Crippen LogP) is 5.49. The van der Waals surface area contributed by atoms with E-state index in [1.165, 1.54) is 24.0 Å². The maximum atomic E-state index is 6.01. The van der Waals surface area contributed by atoms with Crippen molar-refractivity contribution in [2.24, 2.45) is 5.92 Å². The van der Waals surface area contributed by atoms with Gasteiger partial charge in [-0.05, 0) is 42.5 Å². The van der Waals surface area contributed by atoms with Crippen molar-refractivity contribution in [1.82, 2.24) is 0 Å². The zero-order valence-corrected chi connectivity index (χ0v) is 11.2. The topological polar surface area (TPSA) is 0 Å². The molecule has 0 bridgehead atoms. The number of halogens is 1. The van der Waals surface area contributed by atoms with E-state index in [0.29, 0.717) is 0 Å². The predicted molar refractivity (Wildman–Crippen MR) is 73.9 cm³/mol. The summed E-state index contributed by atoms with van der Waals surface area (Å²) < 4.78 is 0. The quantitative estimate of drug-likeness (QED) is 0.634. The van der Waals surface area contributed by atoms with Gasteiger partial charge in [0.1, 0.15) is 0 Å². The van der Waals surface area contributed by atoms with Crippen LogP contribution in [0, 0.1) is 12.8 Å². The van der Waals surface area contributed by atoms with E-state index in [-0.39, 0.29) is 0 Å². The van der Waals surface area contributed by atoms with E-state index in [2.05, 4.69) is 39.0 Å². The molecule has 0 aliphatic carbocycles. The van der Waals surface area contributed by atoms with Crippen molar-refractivity contribution in [3.63, 3.8) is 0 Å². The molecule has 0 saturated carbocycles. The molecule has 88 valence electrons. The molecule has 0 aliphatic heterocycles. The summed E-state index contributed by atoms with van der Waals surface area (Å²) >= 11 is 6.01. The van der Waals surface area contributed by atoms with E-state index in [1.807, 2.05) is 12.1 Å². The molecule has 0 N–H and O–H groups in total. The average molecular weight is 237 g/mol. The van der Waals surface area contributed by atoms with Crippen LogP contribution in [-0.2, 0) is 0 Å². The largest absolute Gasteiger partial charge is 0.0843 e. The summed E-state index contributed by atoms with van der Waals surface area (Å²) in [6, 6.07) is 6.15. The smallest absolute Gasteiger partial charge is 0.0414 e. The number of hydrogen-bond acceptors (Lipinski definition) is 0. The van der Waals surface area contributed by atoms with Crippen LogP contribution in [0.4, 0.5) is 0 Å². The van der Waals surface area contributed by atoms with Gasteiger partial charge >= 0.3 is 0 Å². The molecule has 0 spiro atoms. The van der Waals surface area contributed by atoms with E-state index >= 15 is 0 Å². The van der Waals surface area contributed by atoms with Crippen molar-refractivity contribution in [2.45, 2.75) is 40.0 Å². The molecule has 0 fully saturated rings. The molecule has 1 heteroatoms. The van der Waals surface area contributed by atoms with Crippen LogP contribution in [0.15, 0.2) is 24.3 Å². The fraction of sp³-hybridized carbons (Fsp3) is 0.467. The van der Waals surface area contributed by atoms with Crippen LogP contribution < -0.4 is 0 Å². The molecule has 16 heavy (non-hydrogen) atoms. The number of benzene rings is 1. The summed E-state index contributed by atoms with van der Waals surface area (Å²) in [5.74, 6) is 0.779. The second-order valence-electron chi connectivity index (χ2n) is 4.59. The molecule has 1 rings (SSSR count). The third-order valence-corrected chi connectivity index (χ3v) is 2.91. The van der Waals surface area contributed by atoms with Gasteiger partial charge in [0.15, 0.2) is 0 Å². The summed E-state index contributed by atoms with van der Waals surface area (Å²) in [7, 11) is 0. The van der Waals surface area contributed by atoms with Gasteiger partial charge in [-0.1, -0.05) is 56.5 Å². The first-order valence-electron chi connectivity index (χ1n) is 6.05. The lowest BCUT2D eigenvalue weighted by Gasteiger charge is -2.05. The lowest BCUT2D eigenvalue weighted by atomic mass is 10.0. The second-order valence-corrected chi connectivity index (χ2v) is 5.03. The Morgan fingerprint density at radius 2 is 2.06 bits per heavy atom. The Bertz CT molecular complexity index is 332. The van der Waals surface area contributed by atoms with Gasteiger partial charge in [-0.15, -0.1) is 0 Å². The molecular weight excluding hydrogens is 216 g/mol. The van der Waals surface area contributed by atoms with Crippen molar-refractivity contribution in [2.75, 3.05) is 0 Å². The fourth-order valence-corrected chi connectivity index (χ4v) is 2.21.